The van der Waals surface area contributed by atoms with Crippen LogP contribution in [0, 0.1) is 6.92 Å². The standard InChI is InChI=1S/C20H20F3N5O2S/c1-12-8-13(15-11-26-18(31-15)17(30)24-5-2-3-7-29)10-14(9-12)27-19-25-6-4-16(28-19)20(21,22)23/h4,6,8-11,29H,2-3,5,7H2,1H3,(H,24,30)(H,25,27,28). The third kappa shape index (κ3) is 6.22. The summed E-state index contributed by atoms with van der Waals surface area (Å²) in [6.07, 6.45) is -0.659. The summed E-state index contributed by atoms with van der Waals surface area (Å²) in [5, 5.41) is 14.6. The second kappa shape index (κ2) is 9.84. The molecule has 31 heavy (non-hydrogen) atoms. The SMILES string of the molecule is Cc1cc(Nc2nccc(C(F)(F)F)n2)cc(-c2cnc(C(=O)NCCCCO)s2)c1. The van der Waals surface area contributed by atoms with E-state index in [9.17, 15) is 18.0 Å². The molecule has 164 valence electrons. The zero-order chi connectivity index (χ0) is 22.4. The first-order valence-corrected chi connectivity index (χ1v) is 10.2. The summed E-state index contributed by atoms with van der Waals surface area (Å²) in [5.41, 5.74) is 1.09. The van der Waals surface area contributed by atoms with E-state index in [-0.39, 0.29) is 18.5 Å². The second-order valence-corrected chi connectivity index (χ2v) is 7.72. The molecule has 2 aromatic heterocycles. The summed E-state index contributed by atoms with van der Waals surface area (Å²) in [7, 11) is 0. The number of nitrogens with one attached hydrogen (secondary N) is 2. The van der Waals surface area contributed by atoms with Crippen LogP contribution >= 0.6 is 11.3 Å². The maximum atomic E-state index is 12.9. The number of unbranched alkanes of at least 4 members (excludes halogenated alkanes) is 1. The smallest absolute Gasteiger partial charge is 0.396 e. The number of hydrogen-bond acceptors (Lipinski definition) is 7. The van der Waals surface area contributed by atoms with Gasteiger partial charge in [-0.05, 0) is 49.1 Å². The molecule has 2 heterocycles. The van der Waals surface area contributed by atoms with Crippen molar-refractivity contribution < 1.29 is 23.1 Å². The van der Waals surface area contributed by atoms with Gasteiger partial charge >= 0.3 is 6.18 Å². The van der Waals surface area contributed by atoms with Gasteiger partial charge in [0.25, 0.3) is 5.91 Å². The van der Waals surface area contributed by atoms with Crippen molar-refractivity contribution in [2.24, 2.45) is 0 Å². The minimum absolute atomic E-state index is 0.0759. The molecule has 0 aliphatic heterocycles. The number of carbonyl (C=O) groups is 1. The molecule has 0 aliphatic carbocycles. The number of aliphatic hydroxyl groups excluding tert-OH is 1. The molecule has 0 radical (unpaired) electrons. The lowest BCUT2D eigenvalue weighted by atomic mass is 10.1. The first-order valence-electron chi connectivity index (χ1n) is 9.40. The van der Waals surface area contributed by atoms with Crippen LogP contribution in [0.5, 0.6) is 0 Å². The van der Waals surface area contributed by atoms with Crippen molar-refractivity contribution in [3.63, 3.8) is 0 Å². The van der Waals surface area contributed by atoms with Gasteiger partial charge in [0.1, 0.15) is 5.69 Å². The van der Waals surface area contributed by atoms with Crippen LogP contribution in [0.15, 0.2) is 36.7 Å². The van der Waals surface area contributed by atoms with Crippen molar-refractivity contribution in [2.75, 3.05) is 18.5 Å². The van der Waals surface area contributed by atoms with Gasteiger partial charge in [0.2, 0.25) is 5.95 Å². The molecule has 3 rings (SSSR count). The number of alkyl halides is 3. The lowest BCUT2D eigenvalue weighted by molar-refractivity contribution is -0.141. The molecule has 1 aromatic carbocycles. The van der Waals surface area contributed by atoms with E-state index in [0.29, 0.717) is 30.1 Å². The van der Waals surface area contributed by atoms with Crippen LogP contribution in [-0.2, 0) is 6.18 Å². The van der Waals surface area contributed by atoms with E-state index in [1.807, 2.05) is 13.0 Å². The van der Waals surface area contributed by atoms with Crippen molar-refractivity contribution in [3.8, 4) is 10.4 Å². The molecule has 0 saturated carbocycles. The van der Waals surface area contributed by atoms with Gasteiger partial charge in [-0.25, -0.2) is 15.0 Å². The molecule has 3 N–H and O–H groups in total. The Bertz CT molecular complexity index is 1060. The number of aromatic nitrogens is 3. The van der Waals surface area contributed by atoms with E-state index in [1.165, 1.54) is 11.3 Å². The Kier molecular flexibility index (Phi) is 7.18. The highest BCUT2D eigenvalue weighted by Crippen LogP contribution is 2.31. The zero-order valence-corrected chi connectivity index (χ0v) is 17.3. The Hall–Kier alpha value is -3.05. The molecule has 0 fully saturated rings. The van der Waals surface area contributed by atoms with Crippen molar-refractivity contribution in [3.05, 3.63) is 52.9 Å². The van der Waals surface area contributed by atoms with Gasteiger partial charge in [-0.2, -0.15) is 13.2 Å². The van der Waals surface area contributed by atoms with E-state index in [0.717, 1.165) is 28.3 Å². The van der Waals surface area contributed by atoms with Gasteiger partial charge in [-0.3, -0.25) is 4.79 Å². The number of amides is 1. The maximum absolute atomic E-state index is 12.9. The molecule has 0 aliphatic rings. The van der Waals surface area contributed by atoms with Gasteiger partial charge in [-0.1, -0.05) is 6.07 Å². The summed E-state index contributed by atoms with van der Waals surface area (Å²) in [5.74, 6) is -0.462. The monoisotopic (exact) mass is 451 g/mol. The van der Waals surface area contributed by atoms with E-state index in [2.05, 4.69) is 25.6 Å². The predicted molar refractivity (Wildman–Crippen MR) is 111 cm³/mol. The third-order valence-corrected chi connectivity index (χ3v) is 5.18. The fourth-order valence-electron chi connectivity index (χ4n) is 2.73. The molecule has 0 saturated heterocycles. The molecular weight excluding hydrogens is 431 g/mol. The number of nitrogens with zero attached hydrogens (tertiary/aromatic N) is 3. The van der Waals surface area contributed by atoms with Crippen LogP contribution in [0.2, 0.25) is 0 Å². The Balaban J connectivity index is 1.76. The highest BCUT2D eigenvalue weighted by Gasteiger charge is 2.32. The number of rotatable bonds is 8. The van der Waals surface area contributed by atoms with E-state index in [4.69, 9.17) is 5.11 Å². The molecule has 0 spiro atoms. The first kappa shape index (κ1) is 22.6. The summed E-state index contributed by atoms with van der Waals surface area (Å²) >= 11 is 1.21. The number of aryl methyl sites for hydroxylation is 1. The molecule has 0 atom stereocenters. The average Bonchev–Trinajstić information content (AvgIpc) is 3.21. The lowest BCUT2D eigenvalue weighted by Crippen LogP contribution is -2.24. The predicted octanol–water partition coefficient (Wildman–Crippen LogP) is 4.17. The summed E-state index contributed by atoms with van der Waals surface area (Å²) in [6.45, 7) is 2.37. The van der Waals surface area contributed by atoms with Crippen molar-refractivity contribution in [1.29, 1.82) is 0 Å². The number of thiazole rings is 1. The highest BCUT2D eigenvalue weighted by molar-refractivity contribution is 7.17. The number of anilines is 2. The van der Waals surface area contributed by atoms with Gasteiger partial charge in [0.15, 0.2) is 5.01 Å². The average molecular weight is 451 g/mol. The molecule has 0 unspecified atom stereocenters. The molecule has 3 aromatic rings. The van der Waals surface area contributed by atoms with Gasteiger partial charge < -0.3 is 15.7 Å². The summed E-state index contributed by atoms with van der Waals surface area (Å²) in [4.78, 5) is 24.5. The Labute approximate surface area is 180 Å². The topological polar surface area (TPSA) is 100 Å². The number of carbonyl (C=O) groups excluding carboxylic acids is 1. The quantitative estimate of drug-likeness (QED) is 0.445. The third-order valence-electron chi connectivity index (χ3n) is 4.13. The molecule has 0 bridgehead atoms. The fourth-order valence-corrected chi connectivity index (χ4v) is 3.55. The van der Waals surface area contributed by atoms with Crippen LogP contribution in [0.25, 0.3) is 10.4 Å². The van der Waals surface area contributed by atoms with Gasteiger partial charge in [-0.15, -0.1) is 11.3 Å². The summed E-state index contributed by atoms with van der Waals surface area (Å²) < 4.78 is 38.6. The Morgan fingerprint density at radius 3 is 2.74 bits per heavy atom. The number of aliphatic hydroxyl groups is 1. The molecule has 11 heteroatoms. The summed E-state index contributed by atoms with van der Waals surface area (Å²) in [6, 6.07) is 6.17. The minimum atomic E-state index is -4.56. The van der Waals surface area contributed by atoms with E-state index in [1.54, 1.807) is 18.3 Å². The van der Waals surface area contributed by atoms with Crippen LogP contribution in [0.3, 0.4) is 0 Å². The largest absolute Gasteiger partial charge is 0.433 e. The normalized spacial score (nSPS) is 11.4. The number of hydrogen-bond donors (Lipinski definition) is 3. The van der Waals surface area contributed by atoms with Crippen molar-refractivity contribution in [2.45, 2.75) is 25.9 Å². The van der Waals surface area contributed by atoms with Crippen LogP contribution in [0.4, 0.5) is 24.8 Å². The lowest BCUT2D eigenvalue weighted by Gasteiger charge is -2.10. The Morgan fingerprint density at radius 2 is 2.00 bits per heavy atom. The van der Waals surface area contributed by atoms with Crippen LogP contribution in [-0.4, -0.2) is 39.1 Å². The molecule has 1 amide bonds. The first-order chi connectivity index (χ1) is 14.8. The van der Waals surface area contributed by atoms with Crippen molar-refractivity contribution in [1.82, 2.24) is 20.3 Å². The Morgan fingerprint density at radius 1 is 1.19 bits per heavy atom. The van der Waals surface area contributed by atoms with E-state index >= 15 is 0 Å². The number of benzene rings is 1. The minimum Gasteiger partial charge on any atom is -0.396 e. The van der Waals surface area contributed by atoms with Crippen LogP contribution < -0.4 is 10.6 Å². The maximum Gasteiger partial charge on any atom is 0.433 e. The van der Waals surface area contributed by atoms with Gasteiger partial charge in [0, 0.05) is 31.2 Å². The van der Waals surface area contributed by atoms with Crippen molar-refractivity contribution >= 4 is 28.9 Å². The fraction of sp³-hybridized carbons (Fsp3) is 0.300. The zero-order valence-electron chi connectivity index (χ0n) is 16.5. The van der Waals surface area contributed by atoms with Crippen LogP contribution in [0.1, 0.15) is 33.9 Å². The van der Waals surface area contributed by atoms with Gasteiger partial charge in [0.05, 0.1) is 4.88 Å². The second-order valence-electron chi connectivity index (χ2n) is 6.69. The molecule has 7 nitrogen and oxygen atoms in total. The molecular formula is C20H20F3N5O2S. The number of halogens is 3. The highest BCUT2D eigenvalue weighted by atomic mass is 32.1. The van der Waals surface area contributed by atoms with E-state index < -0.39 is 11.9 Å².